The van der Waals surface area contributed by atoms with Crippen LogP contribution in [0.15, 0.2) is 54.6 Å². The lowest BCUT2D eigenvalue weighted by atomic mass is 10.1. The molecule has 0 amide bonds. The maximum absolute atomic E-state index is 12.5. The Labute approximate surface area is 170 Å². The van der Waals surface area contributed by atoms with Crippen molar-refractivity contribution < 1.29 is 33.5 Å². The van der Waals surface area contributed by atoms with Gasteiger partial charge in [0.1, 0.15) is 6.61 Å². The molecule has 2 aromatic carbocycles. The second-order valence-corrected chi connectivity index (χ2v) is 6.46. The van der Waals surface area contributed by atoms with Gasteiger partial charge in [-0.2, -0.15) is 0 Å². The van der Waals surface area contributed by atoms with Gasteiger partial charge in [-0.3, -0.25) is 15.4 Å². The van der Waals surface area contributed by atoms with Gasteiger partial charge in [0, 0.05) is 18.6 Å². The summed E-state index contributed by atoms with van der Waals surface area (Å²) in [7, 11) is 0. The summed E-state index contributed by atoms with van der Waals surface area (Å²) in [6.45, 7) is 0.142. The number of nitrogens with zero attached hydrogens (tertiary/aromatic N) is 1. The molecule has 1 heterocycles. The zero-order chi connectivity index (χ0) is 21.6. The molecule has 1 N–H and O–H groups in total. The number of rotatable bonds is 6. The van der Waals surface area contributed by atoms with Gasteiger partial charge in [0.2, 0.25) is 0 Å². The van der Waals surface area contributed by atoms with Gasteiger partial charge in [-0.1, -0.05) is 18.2 Å². The molecular weight excluding hydrogens is 396 g/mol. The Kier molecular flexibility index (Phi) is 6.38. The van der Waals surface area contributed by atoms with Crippen LogP contribution in [0.2, 0.25) is 0 Å². The molecule has 10 heteroatoms. The van der Waals surface area contributed by atoms with Crippen molar-refractivity contribution in [1.82, 2.24) is 5.32 Å². The van der Waals surface area contributed by atoms with Crippen LogP contribution in [0.1, 0.15) is 28.8 Å². The van der Waals surface area contributed by atoms with E-state index < -0.39 is 28.7 Å². The number of non-ortho nitro benzene ring substituents is 1. The van der Waals surface area contributed by atoms with E-state index in [1.165, 1.54) is 36.4 Å². The summed E-state index contributed by atoms with van der Waals surface area (Å²) < 4.78 is 14.9. The fourth-order valence-electron chi connectivity index (χ4n) is 2.85. The number of hydrogen-bond donors (Lipinski definition) is 1. The first-order chi connectivity index (χ1) is 14.4. The summed E-state index contributed by atoms with van der Waals surface area (Å²) in [6.07, 6.45) is -0.600. The van der Waals surface area contributed by atoms with Crippen LogP contribution in [0, 0.1) is 10.1 Å². The minimum Gasteiger partial charge on any atom is -0.429 e. The molecule has 156 valence electrons. The molecule has 1 fully saturated rings. The van der Waals surface area contributed by atoms with Gasteiger partial charge in [-0.15, -0.1) is 0 Å². The van der Waals surface area contributed by atoms with Crippen molar-refractivity contribution in [1.29, 1.82) is 0 Å². The smallest absolute Gasteiger partial charge is 0.429 e. The van der Waals surface area contributed by atoms with Crippen LogP contribution in [0.25, 0.3) is 0 Å². The highest BCUT2D eigenvalue weighted by molar-refractivity contribution is 5.94. The Hall–Kier alpha value is -3.79. The Morgan fingerprint density at radius 2 is 1.77 bits per heavy atom. The van der Waals surface area contributed by atoms with E-state index in [9.17, 15) is 24.5 Å². The van der Waals surface area contributed by atoms with Gasteiger partial charge in [-0.05, 0) is 42.8 Å². The predicted molar refractivity (Wildman–Crippen MR) is 101 cm³/mol. The number of nitrogens with one attached hydrogen (secondary N) is 1. The number of esters is 2. The van der Waals surface area contributed by atoms with Crippen LogP contribution >= 0.6 is 0 Å². The Bertz CT molecular complexity index is 937. The van der Waals surface area contributed by atoms with Crippen molar-refractivity contribution in [3.63, 3.8) is 0 Å². The summed E-state index contributed by atoms with van der Waals surface area (Å²) in [5, 5.41) is 13.4. The van der Waals surface area contributed by atoms with Crippen LogP contribution in [0.5, 0.6) is 0 Å². The lowest BCUT2D eigenvalue weighted by molar-refractivity contribution is -0.384. The normalized spacial score (nSPS) is 17.7. The first kappa shape index (κ1) is 20.9. The standard InChI is InChI=1S/C20H18N2O8/c23-17(15-5-2-1-3-6-15)30-20(11-4-12-21-20)18(24)29-19(25)28-13-14-7-9-16(10-8-14)22(26)27/h1-3,5-10,21H,4,11-13H2/t20-/m1/s1. The Morgan fingerprint density at radius 1 is 1.07 bits per heavy atom. The third-order valence-corrected chi connectivity index (χ3v) is 4.40. The van der Waals surface area contributed by atoms with E-state index in [4.69, 9.17) is 14.2 Å². The molecule has 0 radical (unpaired) electrons. The molecule has 30 heavy (non-hydrogen) atoms. The predicted octanol–water partition coefficient (Wildman–Crippen LogP) is 2.71. The quantitative estimate of drug-likeness (QED) is 0.328. The van der Waals surface area contributed by atoms with Crippen molar-refractivity contribution in [2.45, 2.75) is 25.2 Å². The topological polar surface area (TPSA) is 134 Å². The number of carbonyl (C=O) groups is 3. The van der Waals surface area contributed by atoms with Crippen LogP contribution in [-0.4, -0.2) is 35.3 Å². The average molecular weight is 414 g/mol. The van der Waals surface area contributed by atoms with E-state index >= 15 is 0 Å². The molecule has 1 aliphatic rings. The first-order valence-corrected chi connectivity index (χ1v) is 9.05. The highest BCUT2D eigenvalue weighted by Crippen LogP contribution is 2.24. The SMILES string of the molecule is O=C(OCc1ccc([N+](=O)[O-])cc1)OC(=O)[C@]1(OC(=O)c2ccccc2)CCCN1. The van der Waals surface area contributed by atoms with Crippen molar-refractivity contribution in [2.75, 3.05) is 6.54 Å². The lowest BCUT2D eigenvalue weighted by Crippen LogP contribution is -2.52. The van der Waals surface area contributed by atoms with Gasteiger partial charge < -0.3 is 14.2 Å². The average Bonchev–Trinajstić information content (AvgIpc) is 3.23. The largest absolute Gasteiger partial charge is 0.516 e. The molecule has 0 saturated carbocycles. The van der Waals surface area contributed by atoms with Gasteiger partial charge >= 0.3 is 18.1 Å². The maximum Gasteiger partial charge on any atom is 0.516 e. The second-order valence-electron chi connectivity index (χ2n) is 6.46. The third-order valence-electron chi connectivity index (χ3n) is 4.40. The fraction of sp³-hybridized carbons (Fsp3) is 0.250. The second kappa shape index (κ2) is 9.14. The molecule has 1 saturated heterocycles. The monoisotopic (exact) mass is 414 g/mol. The number of nitro groups is 1. The highest BCUT2D eigenvalue weighted by atomic mass is 16.7. The van der Waals surface area contributed by atoms with E-state index in [0.29, 0.717) is 18.5 Å². The molecule has 0 bridgehead atoms. The molecule has 0 aromatic heterocycles. The summed E-state index contributed by atoms with van der Waals surface area (Å²) in [5.41, 5.74) is -1.17. The molecule has 1 atom stereocenters. The number of hydrogen-bond acceptors (Lipinski definition) is 9. The van der Waals surface area contributed by atoms with Crippen LogP contribution in [-0.2, 0) is 25.6 Å². The van der Waals surface area contributed by atoms with Gasteiger partial charge in [0.15, 0.2) is 0 Å². The Balaban J connectivity index is 1.58. The third kappa shape index (κ3) is 4.97. The van der Waals surface area contributed by atoms with E-state index in [1.807, 2.05) is 0 Å². The van der Waals surface area contributed by atoms with Crippen LogP contribution in [0.3, 0.4) is 0 Å². The number of ether oxygens (including phenoxy) is 3. The lowest BCUT2D eigenvalue weighted by Gasteiger charge is -2.26. The van der Waals surface area contributed by atoms with Crippen molar-refractivity contribution in [2.24, 2.45) is 0 Å². The molecule has 0 unspecified atom stereocenters. The zero-order valence-electron chi connectivity index (χ0n) is 15.7. The molecule has 10 nitrogen and oxygen atoms in total. The minimum absolute atomic E-state index is 0.106. The van der Waals surface area contributed by atoms with E-state index in [1.54, 1.807) is 18.2 Å². The van der Waals surface area contributed by atoms with E-state index in [-0.39, 0.29) is 24.3 Å². The highest BCUT2D eigenvalue weighted by Gasteiger charge is 2.48. The maximum atomic E-state index is 12.5. The molecular formula is C20H18N2O8. The van der Waals surface area contributed by atoms with E-state index in [2.05, 4.69) is 5.32 Å². The van der Waals surface area contributed by atoms with E-state index in [0.717, 1.165) is 0 Å². The summed E-state index contributed by atoms with van der Waals surface area (Å²) in [6, 6.07) is 13.5. The molecule has 0 spiro atoms. The first-order valence-electron chi connectivity index (χ1n) is 9.05. The van der Waals surface area contributed by atoms with Crippen molar-refractivity contribution in [3.8, 4) is 0 Å². The number of nitro benzene ring substituents is 1. The number of carbonyl (C=O) groups excluding carboxylic acids is 3. The van der Waals surface area contributed by atoms with Crippen LogP contribution < -0.4 is 5.32 Å². The van der Waals surface area contributed by atoms with Gasteiger partial charge in [-0.25, -0.2) is 14.4 Å². The molecule has 2 aromatic rings. The summed E-state index contributed by atoms with van der Waals surface area (Å²) >= 11 is 0. The summed E-state index contributed by atoms with van der Waals surface area (Å²) in [5.74, 6) is -1.82. The fourth-order valence-corrected chi connectivity index (χ4v) is 2.85. The molecule has 1 aliphatic heterocycles. The summed E-state index contributed by atoms with van der Waals surface area (Å²) in [4.78, 5) is 46.9. The van der Waals surface area contributed by atoms with Crippen LogP contribution in [0.4, 0.5) is 10.5 Å². The Morgan fingerprint density at radius 3 is 2.37 bits per heavy atom. The molecule has 3 rings (SSSR count). The van der Waals surface area contributed by atoms with Gasteiger partial charge in [0.25, 0.3) is 11.4 Å². The van der Waals surface area contributed by atoms with Gasteiger partial charge in [0.05, 0.1) is 10.5 Å². The number of benzene rings is 2. The minimum atomic E-state index is -1.78. The van der Waals surface area contributed by atoms with Crippen molar-refractivity contribution >= 4 is 23.8 Å². The van der Waals surface area contributed by atoms with Crippen molar-refractivity contribution in [3.05, 3.63) is 75.8 Å². The zero-order valence-corrected chi connectivity index (χ0v) is 15.7. The molecule has 0 aliphatic carbocycles.